The summed E-state index contributed by atoms with van der Waals surface area (Å²) in [6.45, 7) is 5.42. The van der Waals surface area contributed by atoms with Gasteiger partial charge < -0.3 is 14.7 Å². The zero-order valence-electron chi connectivity index (χ0n) is 19.2. The monoisotopic (exact) mass is 446 g/mol. The van der Waals surface area contributed by atoms with Crippen LogP contribution in [0.25, 0.3) is 11.1 Å². The van der Waals surface area contributed by atoms with E-state index in [-0.39, 0.29) is 5.91 Å². The number of carbonyl (C=O) groups excluding carboxylic acids is 1. The summed E-state index contributed by atoms with van der Waals surface area (Å²) in [6.07, 6.45) is 2.35. The zero-order chi connectivity index (χ0) is 22.9. The van der Waals surface area contributed by atoms with E-state index in [4.69, 9.17) is 4.74 Å². The van der Waals surface area contributed by atoms with Gasteiger partial charge in [0.1, 0.15) is 12.4 Å². The van der Waals surface area contributed by atoms with Gasteiger partial charge in [0.15, 0.2) is 0 Å². The number of hydrogen-bond donors (Lipinski definition) is 1. The lowest BCUT2D eigenvalue weighted by Crippen LogP contribution is -2.44. The number of rotatable bonds is 5. The summed E-state index contributed by atoms with van der Waals surface area (Å²) in [6, 6.07) is 14.2. The number of aliphatic hydroxyl groups excluding tert-OH is 1. The minimum Gasteiger partial charge on any atom is -0.491 e. The minimum absolute atomic E-state index is 0.0972. The summed E-state index contributed by atoms with van der Waals surface area (Å²) in [5.41, 5.74) is 6.19. The van der Waals surface area contributed by atoms with E-state index in [1.54, 1.807) is 9.58 Å². The number of carbonyl (C=O) groups is 1. The van der Waals surface area contributed by atoms with Gasteiger partial charge in [-0.1, -0.05) is 30.3 Å². The number of amides is 1. The van der Waals surface area contributed by atoms with Crippen molar-refractivity contribution < 1.29 is 14.6 Å². The smallest absolute Gasteiger partial charge is 0.257 e. The molecule has 7 nitrogen and oxygen atoms in total. The summed E-state index contributed by atoms with van der Waals surface area (Å²) in [4.78, 5) is 17.2. The zero-order valence-corrected chi connectivity index (χ0v) is 19.2. The molecule has 0 spiro atoms. The summed E-state index contributed by atoms with van der Waals surface area (Å²) in [5.74, 6) is 0.491. The van der Waals surface area contributed by atoms with Gasteiger partial charge in [-0.15, -0.1) is 0 Å². The molecular weight excluding hydrogens is 416 g/mol. The van der Waals surface area contributed by atoms with E-state index in [0.717, 1.165) is 36.3 Å². The van der Waals surface area contributed by atoms with Gasteiger partial charge >= 0.3 is 0 Å². The Morgan fingerprint density at radius 3 is 2.70 bits per heavy atom. The van der Waals surface area contributed by atoms with Crippen LogP contribution in [-0.2, 0) is 20.0 Å². The van der Waals surface area contributed by atoms with E-state index in [9.17, 15) is 9.90 Å². The molecule has 0 saturated carbocycles. The Balaban J connectivity index is 1.26. The molecule has 172 valence electrons. The molecule has 5 rings (SSSR count). The molecule has 1 amide bonds. The summed E-state index contributed by atoms with van der Waals surface area (Å²) in [5, 5.41) is 15.2. The van der Waals surface area contributed by atoms with Gasteiger partial charge in [-0.25, -0.2) is 0 Å². The second kappa shape index (κ2) is 9.00. The average Bonchev–Trinajstić information content (AvgIpc) is 3.07. The van der Waals surface area contributed by atoms with Crippen molar-refractivity contribution >= 4 is 5.91 Å². The molecule has 0 aliphatic carbocycles. The number of aliphatic hydroxyl groups is 1. The average molecular weight is 447 g/mol. The second-order valence-electron chi connectivity index (χ2n) is 9.02. The number of hydrogen-bond acceptors (Lipinski definition) is 5. The van der Waals surface area contributed by atoms with Gasteiger partial charge in [0, 0.05) is 45.0 Å². The first-order chi connectivity index (χ1) is 16.0. The highest BCUT2D eigenvalue weighted by atomic mass is 16.5. The molecule has 2 aliphatic rings. The third-order valence-corrected chi connectivity index (χ3v) is 6.55. The molecule has 0 fully saturated rings. The fourth-order valence-corrected chi connectivity index (χ4v) is 4.90. The number of nitrogens with zero attached hydrogens (tertiary/aromatic N) is 4. The number of ether oxygens (including phenoxy) is 1. The van der Waals surface area contributed by atoms with E-state index in [1.165, 1.54) is 11.1 Å². The van der Waals surface area contributed by atoms with Crippen LogP contribution in [0.1, 0.15) is 27.2 Å². The molecular formula is C26H30N4O3. The van der Waals surface area contributed by atoms with Crippen LogP contribution in [0.5, 0.6) is 5.75 Å². The Morgan fingerprint density at radius 1 is 1.09 bits per heavy atom. The van der Waals surface area contributed by atoms with Crippen molar-refractivity contribution in [1.29, 1.82) is 0 Å². The maximum atomic E-state index is 13.3. The van der Waals surface area contributed by atoms with Crippen LogP contribution in [-0.4, -0.2) is 69.5 Å². The van der Waals surface area contributed by atoms with Crippen molar-refractivity contribution in [1.82, 2.24) is 19.6 Å². The minimum atomic E-state index is -0.613. The largest absolute Gasteiger partial charge is 0.491 e. The van der Waals surface area contributed by atoms with E-state index >= 15 is 0 Å². The first-order valence-electron chi connectivity index (χ1n) is 11.5. The topological polar surface area (TPSA) is 70.8 Å². The first kappa shape index (κ1) is 21.7. The van der Waals surface area contributed by atoms with Crippen LogP contribution in [0, 0.1) is 6.92 Å². The van der Waals surface area contributed by atoms with Crippen molar-refractivity contribution in [2.24, 2.45) is 7.05 Å². The van der Waals surface area contributed by atoms with E-state index in [0.29, 0.717) is 37.6 Å². The Hall–Kier alpha value is -3.16. The molecule has 3 heterocycles. The summed E-state index contributed by atoms with van der Waals surface area (Å²) < 4.78 is 7.73. The maximum Gasteiger partial charge on any atom is 0.257 e. The molecule has 2 aromatic carbocycles. The van der Waals surface area contributed by atoms with Crippen LogP contribution in [0.3, 0.4) is 0 Å². The normalized spacial score (nSPS) is 17.2. The SMILES string of the molecule is Cc1nn(C)cc1-c1ccc2c(c1)OCCN(C[C@H](O)CN1CCc3ccccc3C1)C2=O. The van der Waals surface area contributed by atoms with Crippen molar-refractivity contribution in [2.45, 2.75) is 26.0 Å². The number of aromatic nitrogens is 2. The summed E-state index contributed by atoms with van der Waals surface area (Å²) in [7, 11) is 1.89. The highest BCUT2D eigenvalue weighted by Crippen LogP contribution is 2.31. The molecule has 0 bridgehead atoms. The second-order valence-corrected chi connectivity index (χ2v) is 9.02. The van der Waals surface area contributed by atoms with Crippen LogP contribution in [0.15, 0.2) is 48.7 Å². The van der Waals surface area contributed by atoms with Gasteiger partial charge in [-0.2, -0.15) is 5.10 Å². The van der Waals surface area contributed by atoms with Crippen LogP contribution in [0.2, 0.25) is 0 Å². The van der Waals surface area contributed by atoms with E-state index < -0.39 is 6.10 Å². The lowest BCUT2D eigenvalue weighted by molar-refractivity contribution is 0.0501. The van der Waals surface area contributed by atoms with Gasteiger partial charge in [-0.05, 0) is 42.2 Å². The van der Waals surface area contributed by atoms with Crippen LogP contribution >= 0.6 is 0 Å². The van der Waals surface area contributed by atoms with Crippen molar-refractivity contribution in [3.63, 3.8) is 0 Å². The maximum absolute atomic E-state index is 13.3. The fourth-order valence-electron chi connectivity index (χ4n) is 4.90. The van der Waals surface area contributed by atoms with Crippen molar-refractivity contribution in [2.75, 3.05) is 32.8 Å². The molecule has 3 aromatic rings. The predicted octanol–water partition coefficient (Wildman–Crippen LogP) is 2.65. The molecule has 1 atom stereocenters. The van der Waals surface area contributed by atoms with Gasteiger partial charge in [0.05, 0.1) is 23.9 Å². The number of benzene rings is 2. The summed E-state index contributed by atoms with van der Waals surface area (Å²) >= 11 is 0. The first-order valence-corrected chi connectivity index (χ1v) is 11.5. The molecule has 0 saturated heterocycles. The Morgan fingerprint density at radius 2 is 1.91 bits per heavy atom. The number of β-amino-alcohol motifs (C(OH)–C–C–N with tert-alkyl or cyclic N) is 1. The van der Waals surface area contributed by atoms with Crippen LogP contribution < -0.4 is 4.74 Å². The molecule has 1 aromatic heterocycles. The molecule has 2 aliphatic heterocycles. The fraction of sp³-hybridized carbons (Fsp3) is 0.385. The highest BCUT2D eigenvalue weighted by Gasteiger charge is 2.27. The van der Waals surface area contributed by atoms with Gasteiger partial charge in [0.2, 0.25) is 0 Å². The highest BCUT2D eigenvalue weighted by molar-refractivity contribution is 5.98. The number of aryl methyl sites for hydroxylation is 2. The lowest BCUT2D eigenvalue weighted by Gasteiger charge is -2.32. The standard InChI is InChI=1S/C26H30N4O3/c1-18-24(17-28(2)27-18)20-7-8-23-25(13-20)33-12-11-30(26(23)32)16-22(31)15-29-10-9-19-5-3-4-6-21(19)14-29/h3-8,13,17,22,31H,9-12,14-16H2,1-2H3/t22-/m1/s1. The third kappa shape index (κ3) is 4.51. The number of fused-ring (bicyclic) bond motifs is 2. The van der Waals surface area contributed by atoms with Crippen molar-refractivity contribution in [3.8, 4) is 16.9 Å². The van der Waals surface area contributed by atoms with Gasteiger partial charge in [-0.3, -0.25) is 14.4 Å². The van der Waals surface area contributed by atoms with E-state index in [1.807, 2.05) is 38.4 Å². The Labute approximate surface area is 194 Å². The Bertz CT molecular complexity index is 1170. The van der Waals surface area contributed by atoms with E-state index in [2.05, 4.69) is 34.3 Å². The Kier molecular flexibility index (Phi) is 5.91. The van der Waals surface area contributed by atoms with Crippen LogP contribution in [0.4, 0.5) is 0 Å². The molecule has 0 unspecified atom stereocenters. The van der Waals surface area contributed by atoms with Crippen molar-refractivity contribution in [3.05, 3.63) is 71.0 Å². The predicted molar refractivity (Wildman–Crippen MR) is 126 cm³/mol. The molecule has 0 radical (unpaired) electrons. The molecule has 33 heavy (non-hydrogen) atoms. The quantitative estimate of drug-likeness (QED) is 0.653. The lowest BCUT2D eigenvalue weighted by atomic mass is 10.00. The molecule has 1 N–H and O–H groups in total. The molecule has 7 heteroatoms. The third-order valence-electron chi connectivity index (χ3n) is 6.55. The van der Waals surface area contributed by atoms with Gasteiger partial charge in [0.25, 0.3) is 5.91 Å².